The Morgan fingerprint density at radius 3 is 2.17 bits per heavy atom. The van der Waals surface area contributed by atoms with E-state index in [0.29, 0.717) is 0 Å². The second-order valence-electron chi connectivity index (χ2n) is 3.99. The lowest BCUT2D eigenvalue weighted by molar-refractivity contribution is -0.141. The van der Waals surface area contributed by atoms with Crippen LogP contribution in [0.2, 0.25) is 0 Å². The Balaban J connectivity index is 3.01. The van der Waals surface area contributed by atoms with Gasteiger partial charge in [-0.2, -0.15) is 4.72 Å². The number of aliphatic carboxylic acids is 1. The van der Waals surface area contributed by atoms with Crippen LogP contribution in [0.25, 0.3) is 0 Å². The summed E-state index contributed by atoms with van der Waals surface area (Å²) >= 11 is 0. The van der Waals surface area contributed by atoms with Gasteiger partial charge in [0.2, 0.25) is 10.0 Å². The highest BCUT2D eigenvalue weighted by Crippen LogP contribution is 2.11. The lowest BCUT2D eigenvalue weighted by Crippen LogP contribution is -2.47. The van der Waals surface area contributed by atoms with Crippen molar-refractivity contribution in [3.8, 4) is 0 Å². The highest BCUT2D eigenvalue weighted by molar-refractivity contribution is 7.89. The molecule has 0 unspecified atom stereocenters. The number of rotatable bonds is 5. The summed E-state index contributed by atoms with van der Waals surface area (Å²) in [4.78, 5) is 10.8. The van der Waals surface area contributed by atoms with Gasteiger partial charge in [-0.25, -0.2) is 8.42 Å². The van der Waals surface area contributed by atoms with E-state index in [1.54, 1.807) is 19.1 Å². The van der Waals surface area contributed by atoms with Crippen LogP contribution in [0.4, 0.5) is 0 Å². The molecule has 0 aliphatic carbocycles. The van der Waals surface area contributed by atoms with Crippen LogP contribution in [0, 0.1) is 6.92 Å². The molecule has 0 aliphatic rings. The Morgan fingerprint density at radius 2 is 1.78 bits per heavy atom. The molecule has 0 heterocycles. The summed E-state index contributed by atoms with van der Waals surface area (Å²) in [7, 11) is -3.96. The second kappa shape index (κ2) is 5.47. The third-order valence-electron chi connectivity index (χ3n) is 2.36. The Labute approximate surface area is 105 Å². The second-order valence-corrected chi connectivity index (χ2v) is 5.70. The minimum atomic E-state index is -3.96. The molecule has 0 radical (unpaired) electrons. The summed E-state index contributed by atoms with van der Waals surface area (Å²) in [6, 6.07) is 4.38. The van der Waals surface area contributed by atoms with Crippen LogP contribution in [-0.2, 0) is 14.8 Å². The van der Waals surface area contributed by atoms with E-state index in [4.69, 9.17) is 5.11 Å². The summed E-state index contributed by atoms with van der Waals surface area (Å²) in [6.07, 6.45) is -1.33. The minimum Gasteiger partial charge on any atom is -0.480 e. The van der Waals surface area contributed by atoms with Crippen molar-refractivity contribution in [3.63, 3.8) is 0 Å². The van der Waals surface area contributed by atoms with Crippen LogP contribution >= 0.6 is 0 Å². The van der Waals surface area contributed by atoms with Crippen molar-refractivity contribution in [2.24, 2.45) is 0 Å². The van der Waals surface area contributed by atoms with Crippen molar-refractivity contribution in [2.75, 3.05) is 0 Å². The molecule has 0 bridgehead atoms. The van der Waals surface area contributed by atoms with Crippen molar-refractivity contribution in [2.45, 2.75) is 30.9 Å². The predicted octanol–water partition coefficient (Wildman–Crippen LogP) is 0.107. The van der Waals surface area contributed by atoms with Crippen molar-refractivity contribution < 1.29 is 23.4 Å². The SMILES string of the molecule is Cc1ccc(S(=O)(=O)N[C@@H](C(=O)O)[C@@H](C)O)cc1. The van der Waals surface area contributed by atoms with Gasteiger partial charge in [-0.3, -0.25) is 4.79 Å². The molecule has 0 saturated heterocycles. The lowest BCUT2D eigenvalue weighted by atomic mass is 10.2. The molecule has 1 aromatic carbocycles. The number of carboxylic acids is 1. The first-order valence-corrected chi connectivity index (χ1v) is 6.72. The predicted molar refractivity (Wildman–Crippen MR) is 64.6 cm³/mol. The van der Waals surface area contributed by atoms with E-state index < -0.39 is 28.1 Å². The number of nitrogens with one attached hydrogen (secondary N) is 1. The highest BCUT2D eigenvalue weighted by atomic mass is 32.2. The maximum absolute atomic E-state index is 11.9. The Kier molecular flexibility index (Phi) is 4.44. The van der Waals surface area contributed by atoms with Crippen molar-refractivity contribution in [1.29, 1.82) is 0 Å². The van der Waals surface area contributed by atoms with E-state index in [2.05, 4.69) is 0 Å². The van der Waals surface area contributed by atoms with Crippen LogP contribution in [0.1, 0.15) is 12.5 Å². The number of benzene rings is 1. The van der Waals surface area contributed by atoms with Gasteiger partial charge in [-0.05, 0) is 26.0 Å². The van der Waals surface area contributed by atoms with Crippen LogP contribution in [-0.4, -0.2) is 36.7 Å². The number of sulfonamides is 1. The van der Waals surface area contributed by atoms with Gasteiger partial charge in [0.25, 0.3) is 0 Å². The standard InChI is InChI=1S/C11H15NO5S/c1-7-3-5-9(6-4-7)18(16,17)12-10(8(2)13)11(14)15/h3-6,8,10,12-13H,1-2H3,(H,14,15)/t8-,10-/m1/s1. The van der Waals surface area contributed by atoms with Crippen molar-refractivity contribution in [3.05, 3.63) is 29.8 Å². The summed E-state index contributed by atoms with van der Waals surface area (Å²) in [5.74, 6) is -1.43. The summed E-state index contributed by atoms with van der Waals surface area (Å²) < 4.78 is 25.7. The molecule has 3 N–H and O–H groups in total. The Hall–Kier alpha value is -1.44. The van der Waals surface area contributed by atoms with Gasteiger partial charge in [-0.15, -0.1) is 0 Å². The maximum atomic E-state index is 11.9. The van der Waals surface area contributed by atoms with Gasteiger partial charge in [0, 0.05) is 0 Å². The Bertz CT molecular complexity index is 521. The normalized spacial score (nSPS) is 15.1. The molecule has 0 amide bonds. The van der Waals surface area contributed by atoms with E-state index >= 15 is 0 Å². The molecule has 0 aromatic heterocycles. The summed E-state index contributed by atoms with van der Waals surface area (Å²) in [5.41, 5.74) is 0.888. The fourth-order valence-corrected chi connectivity index (χ4v) is 2.57. The number of carboxylic acid groups (broad SMARTS) is 1. The lowest BCUT2D eigenvalue weighted by Gasteiger charge is -2.17. The monoisotopic (exact) mass is 273 g/mol. The summed E-state index contributed by atoms with van der Waals surface area (Å²) in [6.45, 7) is 3.01. The average molecular weight is 273 g/mol. The molecule has 0 saturated carbocycles. The first-order chi connectivity index (χ1) is 8.24. The fraction of sp³-hybridized carbons (Fsp3) is 0.364. The maximum Gasteiger partial charge on any atom is 0.324 e. The van der Waals surface area contributed by atoms with Gasteiger partial charge < -0.3 is 10.2 Å². The largest absolute Gasteiger partial charge is 0.480 e. The van der Waals surface area contributed by atoms with Crippen LogP contribution in [0.3, 0.4) is 0 Å². The van der Waals surface area contributed by atoms with Crippen LogP contribution < -0.4 is 4.72 Å². The molecular formula is C11H15NO5S. The number of hydrogen-bond acceptors (Lipinski definition) is 4. The first kappa shape index (κ1) is 14.6. The number of hydrogen-bond donors (Lipinski definition) is 3. The molecule has 100 valence electrons. The zero-order valence-electron chi connectivity index (χ0n) is 9.99. The van der Waals surface area contributed by atoms with Gasteiger partial charge in [0.05, 0.1) is 11.0 Å². The van der Waals surface area contributed by atoms with E-state index in [-0.39, 0.29) is 4.90 Å². The molecule has 7 heteroatoms. The number of aliphatic hydroxyl groups excluding tert-OH is 1. The van der Waals surface area contributed by atoms with E-state index in [9.17, 15) is 18.3 Å². The van der Waals surface area contributed by atoms with E-state index in [1.807, 2.05) is 4.72 Å². The first-order valence-electron chi connectivity index (χ1n) is 5.24. The van der Waals surface area contributed by atoms with Gasteiger partial charge in [0.15, 0.2) is 0 Å². The number of aliphatic hydroxyl groups is 1. The van der Waals surface area contributed by atoms with Crippen LogP contribution in [0.5, 0.6) is 0 Å². The molecule has 0 aliphatic heterocycles. The molecule has 18 heavy (non-hydrogen) atoms. The fourth-order valence-electron chi connectivity index (χ4n) is 1.31. The molecule has 1 aromatic rings. The van der Waals surface area contributed by atoms with Crippen molar-refractivity contribution in [1.82, 2.24) is 4.72 Å². The highest BCUT2D eigenvalue weighted by Gasteiger charge is 2.29. The molecular weight excluding hydrogens is 258 g/mol. The quantitative estimate of drug-likeness (QED) is 0.706. The topological polar surface area (TPSA) is 104 Å². The average Bonchev–Trinajstić information content (AvgIpc) is 2.26. The third-order valence-corrected chi connectivity index (χ3v) is 3.82. The van der Waals surface area contributed by atoms with E-state index in [1.165, 1.54) is 19.1 Å². The van der Waals surface area contributed by atoms with Gasteiger partial charge >= 0.3 is 5.97 Å². The number of carbonyl (C=O) groups is 1. The third kappa shape index (κ3) is 3.52. The smallest absolute Gasteiger partial charge is 0.324 e. The summed E-state index contributed by atoms with van der Waals surface area (Å²) in [5, 5.41) is 18.0. The molecule has 0 spiro atoms. The Morgan fingerprint density at radius 1 is 1.28 bits per heavy atom. The zero-order chi connectivity index (χ0) is 13.9. The number of aryl methyl sites for hydroxylation is 1. The molecule has 2 atom stereocenters. The van der Waals surface area contributed by atoms with Gasteiger partial charge in [0.1, 0.15) is 6.04 Å². The zero-order valence-corrected chi connectivity index (χ0v) is 10.8. The molecule has 6 nitrogen and oxygen atoms in total. The van der Waals surface area contributed by atoms with Gasteiger partial charge in [-0.1, -0.05) is 17.7 Å². The van der Waals surface area contributed by atoms with Crippen LogP contribution in [0.15, 0.2) is 29.2 Å². The molecule has 0 fully saturated rings. The van der Waals surface area contributed by atoms with Crippen molar-refractivity contribution >= 4 is 16.0 Å². The molecule has 1 rings (SSSR count). The minimum absolute atomic E-state index is 0.0417. The van der Waals surface area contributed by atoms with E-state index in [0.717, 1.165) is 5.56 Å².